The van der Waals surface area contributed by atoms with Gasteiger partial charge in [-0.15, -0.1) is 0 Å². The Bertz CT molecular complexity index is 359. The van der Waals surface area contributed by atoms with Gasteiger partial charge in [0.15, 0.2) is 8.32 Å². The first-order valence-corrected chi connectivity index (χ1v) is 9.77. The lowest BCUT2D eigenvalue weighted by molar-refractivity contribution is -0.146. The highest BCUT2D eigenvalue weighted by atomic mass is 28.4. The predicted molar refractivity (Wildman–Crippen MR) is 76.4 cm³/mol. The van der Waals surface area contributed by atoms with E-state index in [1.165, 1.54) is 0 Å². The molecule has 110 valence electrons. The zero-order chi connectivity index (χ0) is 14.9. The Kier molecular flexibility index (Phi) is 4.62. The zero-order valence-corrected chi connectivity index (χ0v) is 13.9. The highest BCUT2D eigenvalue weighted by Crippen LogP contribution is 2.52. The molecule has 0 heterocycles. The minimum atomic E-state index is -1.88. The number of aldehydes is 1. The SMILES string of the molecule is CCOC(=O)C1CC1(C=O)CO[Si](C)(C)C(C)(C)C. The Balaban J connectivity index is 2.62. The summed E-state index contributed by atoms with van der Waals surface area (Å²) in [7, 11) is -1.88. The molecule has 2 atom stereocenters. The first-order valence-electron chi connectivity index (χ1n) is 6.86. The van der Waals surface area contributed by atoms with E-state index >= 15 is 0 Å². The molecule has 0 amide bonds. The van der Waals surface area contributed by atoms with Crippen LogP contribution in [0.15, 0.2) is 0 Å². The molecule has 0 N–H and O–H groups in total. The summed E-state index contributed by atoms with van der Waals surface area (Å²) < 4.78 is 11.1. The lowest BCUT2D eigenvalue weighted by Crippen LogP contribution is -2.42. The second-order valence-corrected chi connectivity index (χ2v) is 11.7. The van der Waals surface area contributed by atoms with Crippen molar-refractivity contribution in [3.63, 3.8) is 0 Å². The van der Waals surface area contributed by atoms with E-state index in [1.807, 2.05) is 0 Å². The van der Waals surface area contributed by atoms with Crippen molar-refractivity contribution in [1.29, 1.82) is 0 Å². The zero-order valence-electron chi connectivity index (χ0n) is 12.9. The Labute approximate surface area is 117 Å². The Hall–Kier alpha value is -0.683. The van der Waals surface area contributed by atoms with E-state index in [4.69, 9.17) is 9.16 Å². The van der Waals surface area contributed by atoms with Crippen LogP contribution < -0.4 is 0 Å². The third-order valence-corrected chi connectivity index (χ3v) is 8.91. The quantitative estimate of drug-likeness (QED) is 0.428. The molecule has 1 rings (SSSR count). The van der Waals surface area contributed by atoms with Crippen LogP contribution in [-0.2, 0) is 18.8 Å². The van der Waals surface area contributed by atoms with Crippen molar-refractivity contribution in [2.75, 3.05) is 13.2 Å². The molecule has 1 saturated carbocycles. The van der Waals surface area contributed by atoms with Crippen LogP contribution >= 0.6 is 0 Å². The van der Waals surface area contributed by atoms with E-state index in [0.717, 1.165) is 6.29 Å². The Morgan fingerprint density at radius 1 is 1.42 bits per heavy atom. The monoisotopic (exact) mass is 286 g/mol. The van der Waals surface area contributed by atoms with E-state index in [0.29, 0.717) is 19.6 Å². The van der Waals surface area contributed by atoms with Crippen LogP contribution in [0.4, 0.5) is 0 Å². The van der Waals surface area contributed by atoms with Gasteiger partial charge in [0.05, 0.1) is 17.9 Å². The third kappa shape index (κ3) is 3.45. The van der Waals surface area contributed by atoms with Gasteiger partial charge in [-0.1, -0.05) is 20.8 Å². The molecule has 19 heavy (non-hydrogen) atoms. The maximum atomic E-state index is 11.7. The first kappa shape index (κ1) is 16.4. The average Bonchev–Trinajstić information content (AvgIpc) is 3.01. The second-order valence-electron chi connectivity index (χ2n) is 6.91. The van der Waals surface area contributed by atoms with Crippen molar-refractivity contribution < 1.29 is 18.8 Å². The lowest BCUT2D eigenvalue weighted by atomic mass is 10.1. The Morgan fingerprint density at radius 2 is 2.00 bits per heavy atom. The summed E-state index contributed by atoms with van der Waals surface area (Å²) in [6, 6.07) is 0. The number of hydrogen-bond acceptors (Lipinski definition) is 4. The van der Waals surface area contributed by atoms with Gasteiger partial charge in [-0.25, -0.2) is 0 Å². The van der Waals surface area contributed by atoms with Crippen molar-refractivity contribution in [1.82, 2.24) is 0 Å². The molecule has 0 saturated heterocycles. The average molecular weight is 286 g/mol. The fourth-order valence-electron chi connectivity index (χ4n) is 1.74. The molecule has 0 bridgehead atoms. The van der Waals surface area contributed by atoms with Gasteiger partial charge in [-0.05, 0) is 31.5 Å². The number of hydrogen-bond donors (Lipinski definition) is 0. The molecule has 0 aromatic carbocycles. The molecule has 1 aliphatic rings. The van der Waals surface area contributed by atoms with Gasteiger partial charge in [-0.2, -0.15) is 0 Å². The molecule has 0 aliphatic heterocycles. The molecule has 2 unspecified atom stereocenters. The molecule has 0 spiro atoms. The summed E-state index contributed by atoms with van der Waals surface area (Å²) in [4.78, 5) is 23.0. The van der Waals surface area contributed by atoms with Gasteiger partial charge in [0.1, 0.15) is 6.29 Å². The maximum absolute atomic E-state index is 11.7. The fourth-order valence-corrected chi connectivity index (χ4v) is 2.80. The molecule has 1 fully saturated rings. The van der Waals surface area contributed by atoms with Gasteiger partial charge in [0.25, 0.3) is 0 Å². The molecule has 0 aromatic heterocycles. The van der Waals surface area contributed by atoms with Crippen LogP contribution in [0.25, 0.3) is 0 Å². The number of ether oxygens (including phenoxy) is 1. The summed E-state index contributed by atoms with van der Waals surface area (Å²) >= 11 is 0. The van der Waals surface area contributed by atoms with E-state index in [9.17, 15) is 9.59 Å². The summed E-state index contributed by atoms with van der Waals surface area (Å²) in [6.07, 6.45) is 1.44. The van der Waals surface area contributed by atoms with Gasteiger partial charge >= 0.3 is 5.97 Å². The van der Waals surface area contributed by atoms with Gasteiger partial charge in [0, 0.05) is 6.61 Å². The molecule has 5 heteroatoms. The summed E-state index contributed by atoms with van der Waals surface area (Å²) in [5.41, 5.74) is -0.637. The lowest BCUT2D eigenvalue weighted by Gasteiger charge is -2.37. The van der Waals surface area contributed by atoms with Crippen LogP contribution in [0.1, 0.15) is 34.1 Å². The second kappa shape index (κ2) is 5.36. The molecule has 0 aromatic rings. The van der Waals surface area contributed by atoms with Gasteiger partial charge in [0.2, 0.25) is 0 Å². The normalized spacial score (nSPS) is 26.9. The van der Waals surface area contributed by atoms with Crippen molar-refractivity contribution in [2.45, 2.75) is 52.2 Å². The summed E-state index contributed by atoms with van der Waals surface area (Å²) in [5, 5.41) is 0.103. The number of carbonyl (C=O) groups excluding carboxylic acids is 2. The minimum Gasteiger partial charge on any atom is -0.466 e. The molecule has 1 aliphatic carbocycles. The summed E-state index contributed by atoms with van der Waals surface area (Å²) in [6.45, 7) is 13.2. The molecular weight excluding hydrogens is 260 g/mol. The number of esters is 1. The van der Waals surface area contributed by atoms with Crippen LogP contribution in [0.5, 0.6) is 0 Å². The van der Waals surface area contributed by atoms with Crippen molar-refractivity contribution in [3.8, 4) is 0 Å². The minimum absolute atomic E-state index is 0.103. The van der Waals surface area contributed by atoms with Gasteiger partial charge < -0.3 is 14.0 Å². The predicted octanol–water partition coefficient (Wildman–Crippen LogP) is 2.78. The van der Waals surface area contributed by atoms with Crippen molar-refractivity contribution in [2.24, 2.45) is 11.3 Å². The molecule has 4 nitrogen and oxygen atoms in total. The van der Waals surface area contributed by atoms with Gasteiger partial charge in [-0.3, -0.25) is 4.79 Å². The largest absolute Gasteiger partial charge is 0.466 e. The van der Waals surface area contributed by atoms with E-state index < -0.39 is 13.7 Å². The van der Waals surface area contributed by atoms with E-state index in [-0.39, 0.29) is 16.9 Å². The van der Waals surface area contributed by atoms with Crippen LogP contribution in [0, 0.1) is 11.3 Å². The molecule has 0 radical (unpaired) electrons. The van der Waals surface area contributed by atoms with Crippen LogP contribution in [0.2, 0.25) is 18.1 Å². The third-order valence-electron chi connectivity index (χ3n) is 4.43. The highest BCUT2D eigenvalue weighted by molar-refractivity contribution is 6.74. The maximum Gasteiger partial charge on any atom is 0.310 e. The standard InChI is InChI=1S/C14H26O4Si/c1-7-17-12(16)11-8-14(11,9-15)10-18-19(5,6)13(2,3)4/h9,11H,7-8,10H2,1-6H3. The van der Waals surface area contributed by atoms with Crippen molar-refractivity contribution >= 4 is 20.6 Å². The van der Waals surface area contributed by atoms with Crippen molar-refractivity contribution in [3.05, 3.63) is 0 Å². The molecular formula is C14H26O4Si. The summed E-state index contributed by atoms with van der Waals surface area (Å²) in [5.74, 6) is -0.580. The van der Waals surface area contributed by atoms with E-state index in [2.05, 4.69) is 33.9 Å². The van der Waals surface area contributed by atoms with E-state index in [1.54, 1.807) is 6.92 Å². The fraction of sp³-hybridized carbons (Fsp3) is 0.857. The van der Waals surface area contributed by atoms with Crippen LogP contribution in [0.3, 0.4) is 0 Å². The number of rotatable bonds is 6. The smallest absolute Gasteiger partial charge is 0.310 e. The first-order chi connectivity index (χ1) is 8.59. The Morgan fingerprint density at radius 3 is 2.42 bits per heavy atom. The highest BCUT2D eigenvalue weighted by Gasteiger charge is 2.60. The van der Waals surface area contributed by atoms with Crippen LogP contribution in [-0.4, -0.2) is 33.8 Å². The topological polar surface area (TPSA) is 52.6 Å². The number of carbonyl (C=O) groups is 2.